The number of benzene rings is 2. The molecule has 2 aromatic carbocycles. The van der Waals surface area contributed by atoms with Crippen LogP contribution in [0.25, 0.3) is 16.9 Å². The second-order valence-electron chi connectivity index (χ2n) is 5.85. The monoisotopic (exact) mass is 393 g/mol. The summed E-state index contributed by atoms with van der Waals surface area (Å²) in [4.78, 5) is 22.2. The van der Waals surface area contributed by atoms with Crippen molar-refractivity contribution in [1.29, 1.82) is 0 Å². The van der Waals surface area contributed by atoms with Crippen LogP contribution in [0, 0.1) is 0 Å². The number of methoxy groups -OCH3 is 2. The fourth-order valence-electron chi connectivity index (χ4n) is 2.62. The van der Waals surface area contributed by atoms with Crippen molar-refractivity contribution in [1.82, 2.24) is 15.2 Å². The molecular formula is C20H19N5O4. The quantitative estimate of drug-likeness (QED) is 0.373. The van der Waals surface area contributed by atoms with Crippen molar-refractivity contribution in [2.75, 3.05) is 14.2 Å². The number of nitrogens with two attached hydrogens (primary N) is 1. The summed E-state index contributed by atoms with van der Waals surface area (Å²) in [6, 6.07) is 14.9. The molecular weight excluding hydrogens is 374 g/mol. The van der Waals surface area contributed by atoms with E-state index in [0.717, 1.165) is 11.3 Å². The van der Waals surface area contributed by atoms with Gasteiger partial charge in [-0.2, -0.15) is 10.2 Å². The second-order valence-corrected chi connectivity index (χ2v) is 5.85. The summed E-state index contributed by atoms with van der Waals surface area (Å²) in [5, 5.41) is 8.44. The van der Waals surface area contributed by atoms with Gasteiger partial charge in [0, 0.05) is 17.3 Å². The summed E-state index contributed by atoms with van der Waals surface area (Å²) >= 11 is 0. The van der Waals surface area contributed by atoms with E-state index in [1.165, 1.54) is 6.21 Å². The number of hydrogen-bond acceptors (Lipinski definition) is 6. The number of aromatic nitrogens is 2. The molecule has 9 heteroatoms. The molecule has 1 aromatic heterocycles. The standard InChI is InChI=1S/C20H19N5O4/c1-28-16-9-8-13(10-17(16)29-2)18-14(11-22-23-20(27)19(21)26)12-25(24-18)15-6-4-3-5-7-15/h3-12H,1-2H3,(H2,21,26)(H,23,27)/b22-11-. The molecule has 0 fully saturated rings. The fourth-order valence-corrected chi connectivity index (χ4v) is 2.62. The maximum absolute atomic E-state index is 11.3. The number of nitrogens with one attached hydrogen (secondary N) is 1. The number of carbonyl (C=O) groups is 2. The first-order chi connectivity index (χ1) is 14.0. The van der Waals surface area contributed by atoms with Gasteiger partial charge >= 0.3 is 11.8 Å². The fraction of sp³-hybridized carbons (Fsp3) is 0.100. The number of hydrogen-bond donors (Lipinski definition) is 2. The van der Waals surface area contributed by atoms with Crippen molar-refractivity contribution in [3.05, 3.63) is 60.3 Å². The van der Waals surface area contributed by atoms with Crippen LogP contribution in [0.5, 0.6) is 11.5 Å². The van der Waals surface area contributed by atoms with Gasteiger partial charge in [0.1, 0.15) is 5.69 Å². The number of carbonyl (C=O) groups excluding carboxylic acids is 2. The van der Waals surface area contributed by atoms with Crippen LogP contribution in [-0.4, -0.2) is 42.0 Å². The molecule has 1 heterocycles. The zero-order valence-corrected chi connectivity index (χ0v) is 15.8. The SMILES string of the molecule is COc1ccc(-c2nn(-c3ccccc3)cc2/C=N\NC(=O)C(N)=O)cc1OC. The van der Waals surface area contributed by atoms with Gasteiger partial charge < -0.3 is 15.2 Å². The molecule has 3 aromatic rings. The summed E-state index contributed by atoms with van der Waals surface area (Å²) in [6.45, 7) is 0. The van der Waals surface area contributed by atoms with E-state index < -0.39 is 11.8 Å². The van der Waals surface area contributed by atoms with E-state index in [-0.39, 0.29) is 0 Å². The molecule has 3 N–H and O–H groups in total. The van der Waals surface area contributed by atoms with Crippen molar-refractivity contribution in [2.45, 2.75) is 0 Å². The second kappa shape index (κ2) is 8.70. The Hall–Kier alpha value is -4.14. The summed E-state index contributed by atoms with van der Waals surface area (Å²) in [7, 11) is 3.10. The molecule has 0 radical (unpaired) electrons. The average Bonchev–Trinajstić information content (AvgIpc) is 3.17. The molecule has 0 aliphatic rings. The Kier molecular flexibility index (Phi) is 5.88. The first kappa shape index (κ1) is 19.6. The molecule has 29 heavy (non-hydrogen) atoms. The molecule has 0 saturated heterocycles. The lowest BCUT2D eigenvalue weighted by Crippen LogP contribution is -2.32. The van der Waals surface area contributed by atoms with Crippen LogP contribution in [0.15, 0.2) is 59.8 Å². The van der Waals surface area contributed by atoms with Gasteiger partial charge in [-0.3, -0.25) is 9.59 Å². The molecule has 0 unspecified atom stereocenters. The Bertz CT molecular complexity index is 1060. The zero-order chi connectivity index (χ0) is 20.8. The van der Waals surface area contributed by atoms with E-state index in [9.17, 15) is 9.59 Å². The highest BCUT2D eigenvalue weighted by Gasteiger charge is 2.14. The van der Waals surface area contributed by atoms with Gasteiger partial charge in [0.2, 0.25) is 0 Å². The highest BCUT2D eigenvalue weighted by atomic mass is 16.5. The van der Waals surface area contributed by atoms with Crippen LogP contribution in [0.3, 0.4) is 0 Å². The molecule has 0 aliphatic heterocycles. The first-order valence-electron chi connectivity index (χ1n) is 8.53. The van der Waals surface area contributed by atoms with Crippen molar-refractivity contribution >= 4 is 18.0 Å². The third-order valence-corrected chi connectivity index (χ3v) is 4.01. The molecule has 0 atom stereocenters. The van der Waals surface area contributed by atoms with Gasteiger partial charge in [-0.05, 0) is 30.3 Å². The van der Waals surface area contributed by atoms with Crippen molar-refractivity contribution in [3.8, 4) is 28.4 Å². The van der Waals surface area contributed by atoms with Crippen LogP contribution in [0.2, 0.25) is 0 Å². The van der Waals surface area contributed by atoms with Crippen LogP contribution in [0.1, 0.15) is 5.56 Å². The predicted molar refractivity (Wildman–Crippen MR) is 107 cm³/mol. The first-order valence-corrected chi connectivity index (χ1v) is 8.53. The van der Waals surface area contributed by atoms with E-state index in [0.29, 0.717) is 22.8 Å². The Labute approximate surface area is 166 Å². The van der Waals surface area contributed by atoms with Crippen molar-refractivity contribution in [2.24, 2.45) is 10.8 Å². The van der Waals surface area contributed by atoms with Crippen LogP contribution >= 0.6 is 0 Å². The van der Waals surface area contributed by atoms with Gasteiger partial charge in [0.05, 0.1) is 26.1 Å². The maximum Gasteiger partial charge on any atom is 0.329 e. The van der Waals surface area contributed by atoms with E-state index >= 15 is 0 Å². The summed E-state index contributed by atoms with van der Waals surface area (Å²) in [5.74, 6) is -1.00. The maximum atomic E-state index is 11.3. The molecule has 0 saturated carbocycles. The number of nitrogens with zero attached hydrogens (tertiary/aromatic N) is 3. The smallest absolute Gasteiger partial charge is 0.329 e. The third kappa shape index (κ3) is 4.41. The number of hydrazone groups is 1. The lowest BCUT2D eigenvalue weighted by atomic mass is 10.1. The van der Waals surface area contributed by atoms with Gasteiger partial charge in [0.15, 0.2) is 11.5 Å². The minimum Gasteiger partial charge on any atom is -0.493 e. The lowest BCUT2D eigenvalue weighted by molar-refractivity contribution is -0.137. The topological polar surface area (TPSA) is 121 Å². The number of primary amides is 1. The van der Waals surface area contributed by atoms with Gasteiger partial charge in [-0.15, -0.1) is 0 Å². The zero-order valence-electron chi connectivity index (χ0n) is 15.8. The van der Waals surface area contributed by atoms with Gasteiger partial charge in [-0.25, -0.2) is 10.1 Å². The predicted octanol–water partition coefficient (Wildman–Crippen LogP) is 1.49. The van der Waals surface area contributed by atoms with Crippen molar-refractivity contribution < 1.29 is 19.1 Å². The summed E-state index contributed by atoms with van der Waals surface area (Å²) in [6.07, 6.45) is 3.14. The lowest BCUT2D eigenvalue weighted by Gasteiger charge is -2.09. The molecule has 3 rings (SSSR count). The Morgan fingerprint density at radius 2 is 1.83 bits per heavy atom. The normalized spacial score (nSPS) is 10.7. The number of para-hydroxylation sites is 1. The van der Waals surface area contributed by atoms with Crippen LogP contribution < -0.4 is 20.6 Å². The molecule has 148 valence electrons. The van der Waals surface area contributed by atoms with Gasteiger partial charge in [0.25, 0.3) is 0 Å². The summed E-state index contributed by atoms with van der Waals surface area (Å²) in [5.41, 5.74) is 9.77. The minimum atomic E-state index is -1.12. The van der Waals surface area contributed by atoms with Gasteiger partial charge in [-0.1, -0.05) is 18.2 Å². The minimum absolute atomic E-state index is 0.546. The average molecular weight is 393 g/mol. The molecule has 0 bridgehead atoms. The van der Waals surface area contributed by atoms with Crippen molar-refractivity contribution in [3.63, 3.8) is 0 Å². The molecule has 0 aliphatic carbocycles. The molecule has 0 spiro atoms. The largest absolute Gasteiger partial charge is 0.493 e. The van der Waals surface area contributed by atoms with E-state index in [4.69, 9.17) is 15.2 Å². The number of ether oxygens (including phenoxy) is 2. The van der Waals surface area contributed by atoms with E-state index in [1.54, 1.807) is 37.2 Å². The Balaban J connectivity index is 2.04. The Morgan fingerprint density at radius 1 is 1.10 bits per heavy atom. The Morgan fingerprint density at radius 3 is 2.48 bits per heavy atom. The number of amides is 2. The summed E-state index contributed by atoms with van der Waals surface area (Å²) < 4.78 is 12.3. The molecule has 2 amide bonds. The van der Waals surface area contributed by atoms with E-state index in [1.807, 2.05) is 36.4 Å². The highest BCUT2D eigenvalue weighted by molar-refractivity contribution is 6.34. The third-order valence-electron chi connectivity index (χ3n) is 4.01. The van der Waals surface area contributed by atoms with E-state index in [2.05, 4.69) is 15.6 Å². The highest BCUT2D eigenvalue weighted by Crippen LogP contribution is 2.33. The van der Waals surface area contributed by atoms with Crippen LogP contribution in [0.4, 0.5) is 0 Å². The number of rotatable bonds is 6. The molecule has 9 nitrogen and oxygen atoms in total. The van der Waals surface area contributed by atoms with Crippen LogP contribution in [-0.2, 0) is 9.59 Å².